The van der Waals surface area contributed by atoms with Crippen molar-refractivity contribution in [3.63, 3.8) is 0 Å². The van der Waals surface area contributed by atoms with Crippen LogP contribution in [0.3, 0.4) is 0 Å². The molecule has 2 fully saturated rings. The summed E-state index contributed by atoms with van der Waals surface area (Å²) in [5, 5.41) is 13.2. The zero-order chi connectivity index (χ0) is 9.97. The number of rotatable bonds is 3. The lowest BCUT2D eigenvalue weighted by atomic mass is 10.0. The van der Waals surface area contributed by atoms with E-state index in [-0.39, 0.29) is 6.10 Å². The molecule has 2 N–H and O–H groups in total. The van der Waals surface area contributed by atoms with Gasteiger partial charge in [-0.05, 0) is 32.1 Å². The minimum absolute atomic E-state index is 0.0693. The largest absolute Gasteiger partial charge is 0.393 e. The van der Waals surface area contributed by atoms with Crippen molar-refractivity contribution >= 4 is 0 Å². The monoisotopic (exact) mass is 199 g/mol. The molecule has 1 aliphatic heterocycles. The highest BCUT2D eigenvalue weighted by Gasteiger charge is 2.28. The highest BCUT2D eigenvalue weighted by atomic mass is 16.5. The predicted molar refractivity (Wildman–Crippen MR) is 55.2 cm³/mol. The molecule has 4 atom stereocenters. The van der Waals surface area contributed by atoms with Crippen LogP contribution in [0.5, 0.6) is 0 Å². The third kappa shape index (κ3) is 2.27. The number of hydrogen-bond acceptors (Lipinski definition) is 3. The van der Waals surface area contributed by atoms with Gasteiger partial charge in [0.25, 0.3) is 0 Å². The lowest BCUT2D eigenvalue weighted by Gasteiger charge is -2.20. The minimum atomic E-state index is -0.0693. The van der Waals surface area contributed by atoms with Gasteiger partial charge in [0.1, 0.15) is 0 Å². The van der Waals surface area contributed by atoms with E-state index >= 15 is 0 Å². The van der Waals surface area contributed by atoms with Gasteiger partial charge in [-0.1, -0.05) is 6.42 Å². The van der Waals surface area contributed by atoms with Gasteiger partial charge in [-0.3, -0.25) is 0 Å². The molecule has 1 aliphatic carbocycles. The molecule has 3 nitrogen and oxygen atoms in total. The minimum Gasteiger partial charge on any atom is -0.393 e. The van der Waals surface area contributed by atoms with Crippen molar-refractivity contribution in [2.75, 3.05) is 13.2 Å². The second-order valence-corrected chi connectivity index (χ2v) is 4.64. The number of aliphatic hydroxyl groups is 1. The van der Waals surface area contributed by atoms with E-state index in [2.05, 4.69) is 12.2 Å². The number of nitrogens with one attached hydrogen (secondary N) is 1. The van der Waals surface area contributed by atoms with E-state index in [0.717, 1.165) is 26.0 Å². The Bertz CT molecular complexity index is 166. The average molecular weight is 199 g/mol. The molecule has 0 aromatic heterocycles. The van der Waals surface area contributed by atoms with Crippen molar-refractivity contribution in [3.05, 3.63) is 0 Å². The summed E-state index contributed by atoms with van der Waals surface area (Å²) in [7, 11) is 0. The van der Waals surface area contributed by atoms with Gasteiger partial charge in [-0.2, -0.15) is 0 Å². The third-order valence-corrected chi connectivity index (χ3v) is 3.64. The number of hydrogen-bond donors (Lipinski definition) is 2. The molecule has 0 bridgehead atoms. The van der Waals surface area contributed by atoms with Crippen LogP contribution in [-0.4, -0.2) is 36.5 Å². The second kappa shape index (κ2) is 4.60. The molecular weight excluding hydrogens is 178 g/mol. The lowest BCUT2D eigenvalue weighted by Crippen LogP contribution is -2.39. The molecule has 1 heterocycles. The van der Waals surface area contributed by atoms with E-state index in [9.17, 15) is 5.11 Å². The summed E-state index contributed by atoms with van der Waals surface area (Å²) in [4.78, 5) is 0. The van der Waals surface area contributed by atoms with Crippen molar-refractivity contribution in [2.24, 2.45) is 5.92 Å². The number of ether oxygens (including phenoxy) is 1. The van der Waals surface area contributed by atoms with Crippen LogP contribution in [0.1, 0.15) is 32.6 Å². The third-order valence-electron chi connectivity index (χ3n) is 3.64. The van der Waals surface area contributed by atoms with Crippen molar-refractivity contribution in [1.29, 1.82) is 0 Å². The Morgan fingerprint density at radius 1 is 1.36 bits per heavy atom. The molecule has 0 amide bonds. The van der Waals surface area contributed by atoms with Gasteiger partial charge >= 0.3 is 0 Å². The van der Waals surface area contributed by atoms with Crippen molar-refractivity contribution in [2.45, 2.75) is 50.9 Å². The first-order valence-electron chi connectivity index (χ1n) is 5.80. The Morgan fingerprint density at radius 2 is 2.21 bits per heavy atom. The maximum Gasteiger partial charge on any atom is 0.0700 e. The van der Waals surface area contributed by atoms with E-state index in [0.29, 0.717) is 18.1 Å². The molecule has 0 spiro atoms. The normalized spacial score (nSPS) is 43.3. The molecule has 2 rings (SSSR count). The predicted octanol–water partition coefficient (Wildman–Crippen LogP) is 0.914. The summed E-state index contributed by atoms with van der Waals surface area (Å²) in [6.45, 7) is 3.96. The summed E-state index contributed by atoms with van der Waals surface area (Å²) >= 11 is 0. The summed E-state index contributed by atoms with van der Waals surface area (Å²) in [5.74, 6) is 0.475. The zero-order valence-electron chi connectivity index (χ0n) is 8.91. The smallest absolute Gasteiger partial charge is 0.0700 e. The zero-order valence-corrected chi connectivity index (χ0v) is 8.91. The van der Waals surface area contributed by atoms with Crippen LogP contribution in [0.2, 0.25) is 0 Å². The standard InChI is InChI=1S/C11H21NO2/c1-8-10(5-6-14-8)12-7-9-3-2-4-11(9)13/h8-13H,2-7H2,1H3. The fourth-order valence-corrected chi connectivity index (χ4v) is 2.56. The van der Waals surface area contributed by atoms with E-state index in [1.807, 2.05) is 0 Å². The Hall–Kier alpha value is -0.120. The summed E-state index contributed by atoms with van der Waals surface area (Å²) in [6.07, 6.45) is 4.74. The van der Waals surface area contributed by atoms with E-state index in [1.54, 1.807) is 0 Å². The Morgan fingerprint density at radius 3 is 2.79 bits per heavy atom. The fourth-order valence-electron chi connectivity index (χ4n) is 2.56. The maximum atomic E-state index is 9.66. The molecule has 1 saturated heterocycles. The Balaban J connectivity index is 1.71. The molecule has 0 aromatic rings. The second-order valence-electron chi connectivity index (χ2n) is 4.64. The topological polar surface area (TPSA) is 41.5 Å². The van der Waals surface area contributed by atoms with Gasteiger partial charge in [0, 0.05) is 19.2 Å². The van der Waals surface area contributed by atoms with Gasteiger partial charge in [0.05, 0.1) is 12.2 Å². The average Bonchev–Trinajstić information content (AvgIpc) is 2.72. The van der Waals surface area contributed by atoms with E-state index in [4.69, 9.17) is 4.74 Å². The molecule has 14 heavy (non-hydrogen) atoms. The van der Waals surface area contributed by atoms with Gasteiger partial charge in [-0.15, -0.1) is 0 Å². The first-order chi connectivity index (χ1) is 6.77. The van der Waals surface area contributed by atoms with Crippen LogP contribution < -0.4 is 5.32 Å². The summed E-state index contributed by atoms with van der Waals surface area (Å²) < 4.78 is 5.48. The molecule has 3 heteroatoms. The summed E-state index contributed by atoms with van der Waals surface area (Å²) in [6, 6.07) is 0.503. The van der Waals surface area contributed by atoms with Crippen LogP contribution in [0.25, 0.3) is 0 Å². The van der Waals surface area contributed by atoms with Crippen LogP contribution in [0, 0.1) is 5.92 Å². The van der Waals surface area contributed by atoms with Gasteiger partial charge in [0.15, 0.2) is 0 Å². The number of aliphatic hydroxyl groups excluding tert-OH is 1. The van der Waals surface area contributed by atoms with Gasteiger partial charge in [0.2, 0.25) is 0 Å². The molecule has 0 radical (unpaired) electrons. The molecule has 82 valence electrons. The van der Waals surface area contributed by atoms with Crippen LogP contribution >= 0.6 is 0 Å². The van der Waals surface area contributed by atoms with Crippen LogP contribution in [0.4, 0.5) is 0 Å². The SMILES string of the molecule is CC1OCCC1NCC1CCCC1O. The van der Waals surface area contributed by atoms with Gasteiger partial charge < -0.3 is 15.2 Å². The maximum absolute atomic E-state index is 9.66. The van der Waals surface area contributed by atoms with Crippen LogP contribution in [0.15, 0.2) is 0 Å². The van der Waals surface area contributed by atoms with Crippen LogP contribution in [-0.2, 0) is 4.74 Å². The van der Waals surface area contributed by atoms with Crippen molar-refractivity contribution < 1.29 is 9.84 Å². The Labute approximate surface area is 85.8 Å². The van der Waals surface area contributed by atoms with Crippen molar-refractivity contribution in [1.82, 2.24) is 5.32 Å². The molecule has 0 aromatic carbocycles. The Kier molecular flexibility index (Phi) is 3.42. The fraction of sp³-hybridized carbons (Fsp3) is 1.00. The molecule has 4 unspecified atom stereocenters. The molecule has 1 saturated carbocycles. The summed E-state index contributed by atoms with van der Waals surface area (Å²) in [5.41, 5.74) is 0. The van der Waals surface area contributed by atoms with Crippen molar-refractivity contribution in [3.8, 4) is 0 Å². The van der Waals surface area contributed by atoms with E-state index < -0.39 is 0 Å². The molecular formula is C11H21NO2. The first kappa shape index (κ1) is 10.4. The quantitative estimate of drug-likeness (QED) is 0.710. The molecule has 2 aliphatic rings. The van der Waals surface area contributed by atoms with Gasteiger partial charge in [-0.25, -0.2) is 0 Å². The van der Waals surface area contributed by atoms with E-state index in [1.165, 1.54) is 12.8 Å². The first-order valence-corrected chi connectivity index (χ1v) is 5.80. The highest BCUT2D eigenvalue weighted by molar-refractivity contribution is 4.83. The lowest BCUT2D eigenvalue weighted by molar-refractivity contribution is 0.104. The highest BCUT2D eigenvalue weighted by Crippen LogP contribution is 2.25.